The molecule has 3 aromatic rings. The average molecular weight is 310 g/mol. The summed E-state index contributed by atoms with van der Waals surface area (Å²) in [6.45, 7) is 6.32. The van der Waals surface area contributed by atoms with Gasteiger partial charge < -0.3 is 9.15 Å². The number of carbonyl (C=O) groups excluding carboxylic acids is 1. The molecule has 118 valence electrons. The lowest BCUT2D eigenvalue weighted by Crippen LogP contribution is -2.10. The van der Waals surface area contributed by atoms with Crippen molar-refractivity contribution in [2.75, 3.05) is 0 Å². The van der Waals surface area contributed by atoms with Gasteiger partial charge in [-0.05, 0) is 55.7 Å². The van der Waals surface area contributed by atoms with Crippen LogP contribution in [0.1, 0.15) is 33.0 Å². The zero-order valence-corrected chi connectivity index (χ0v) is 13.4. The van der Waals surface area contributed by atoms with Crippen molar-refractivity contribution in [1.82, 2.24) is 9.78 Å². The third kappa shape index (κ3) is 3.18. The van der Waals surface area contributed by atoms with E-state index in [2.05, 4.69) is 5.10 Å². The van der Waals surface area contributed by atoms with Gasteiger partial charge in [-0.15, -0.1) is 0 Å². The molecule has 0 aliphatic heterocycles. The number of furan rings is 1. The highest BCUT2D eigenvalue weighted by atomic mass is 16.5. The normalized spacial score (nSPS) is 10.7. The monoisotopic (exact) mass is 310 g/mol. The number of hydrogen-bond acceptors (Lipinski definition) is 4. The number of nitrogens with zero attached hydrogens (tertiary/aromatic N) is 2. The first-order chi connectivity index (χ1) is 11.0. The van der Waals surface area contributed by atoms with E-state index in [1.54, 1.807) is 23.0 Å². The molecule has 2 aromatic heterocycles. The minimum absolute atomic E-state index is 0.187. The predicted octanol–water partition coefficient (Wildman–Crippen LogP) is 3.67. The summed E-state index contributed by atoms with van der Waals surface area (Å²) in [6.07, 6.45) is 3.53. The van der Waals surface area contributed by atoms with Crippen molar-refractivity contribution in [2.45, 2.75) is 27.3 Å². The van der Waals surface area contributed by atoms with Crippen LogP contribution in [0.2, 0.25) is 0 Å². The second-order valence-electron chi connectivity index (χ2n) is 5.51. The maximum absolute atomic E-state index is 12.3. The van der Waals surface area contributed by atoms with Gasteiger partial charge >= 0.3 is 5.97 Å². The molecular formula is C18H18N2O3. The zero-order valence-electron chi connectivity index (χ0n) is 13.4. The minimum Gasteiger partial charge on any atom is -0.452 e. The van der Waals surface area contributed by atoms with Gasteiger partial charge in [0.25, 0.3) is 0 Å². The molecule has 0 N–H and O–H groups in total. The van der Waals surface area contributed by atoms with E-state index in [4.69, 9.17) is 9.15 Å². The lowest BCUT2D eigenvalue weighted by molar-refractivity contribution is 0.0696. The fourth-order valence-corrected chi connectivity index (χ4v) is 2.35. The largest absolute Gasteiger partial charge is 0.452 e. The van der Waals surface area contributed by atoms with E-state index in [0.717, 1.165) is 16.7 Å². The van der Waals surface area contributed by atoms with Gasteiger partial charge in [0.1, 0.15) is 11.5 Å². The summed E-state index contributed by atoms with van der Waals surface area (Å²) in [5.41, 5.74) is 2.96. The summed E-state index contributed by atoms with van der Waals surface area (Å²) in [7, 11) is 0. The molecule has 0 saturated heterocycles. The fraction of sp³-hybridized carbons (Fsp3) is 0.222. The number of aryl methyl sites for hydroxylation is 2. The maximum Gasteiger partial charge on any atom is 0.379 e. The van der Waals surface area contributed by atoms with Crippen LogP contribution >= 0.6 is 0 Å². The number of benzene rings is 1. The molecule has 0 bridgehead atoms. The number of esters is 1. The minimum atomic E-state index is -0.492. The van der Waals surface area contributed by atoms with E-state index in [1.165, 1.54) is 0 Å². The van der Waals surface area contributed by atoms with Crippen LogP contribution in [0, 0.1) is 20.8 Å². The van der Waals surface area contributed by atoms with Gasteiger partial charge in [0.15, 0.2) is 0 Å². The van der Waals surface area contributed by atoms with Crippen molar-refractivity contribution in [3.05, 3.63) is 70.9 Å². The van der Waals surface area contributed by atoms with Gasteiger partial charge in [-0.25, -0.2) is 4.79 Å². The molecule has 5 nitrogen and oxygen atoms in total. The molecule has 2 heterocycles. The Hall–Kier alpha value is -2.82. The van der Waals surface area contributed by atoms with E-state index >= 15 is 0 Å². The summed E-state index contributed by atoms with van der Waals surface area (Å²) < 4.78 is 12.8. The Labute approximate surface area is 134 Å². The number of rotatable bonds is 4. The van der Waals surface area contributed by atoms with E-state index in [9.17, 15) is 4.79 Å². The SMILES string of the molecule is Cc1ccc(C)c(OC(=O)c2ccc(Cn3cccn3)o2)c1C. The van der Waals surface area contributed by atoms with Crippen LogP contribution in [0.4, 0.5) is 0 Å². The van der Waals surface area contributed by atoms with E-state index in [1.807, 2.05) is 45.2 Å². The molecule has 0 spiro atoms. The second kappa shape index (κ2) is 6.12. The lowest BCUT2D eigenvalue weighted by Gasteiger charge is -2.11. The van der Waals surface area contributed by atoms with E-state index in [0.29, 0.717) is 18.1 Å². The fourth-order valence-electron chi connectivity index (χ4n) is 2.35. The van der Waals surface area contributed by atoms with Crippen LogP contribution in [-0.2, 0) is 6.54 Å². The van der Waals surface area contributed by atoms with Crippen molar-refractivity contribution in [3.8, 4) is 5.75 Å². The second-order valence-corrected chi connectivity index (χ2v) is 5.51. The molecule has 1 aromatic carbocycles. The first-order valence-corrected chi connectivity index (χ1v) is 7.39. The summed E-state index contributed by atoms with van der Waals surface area (Å²) >= 11 is 0. The molecule has 23 heavy (non-hydrogen) atoms. The van der Waals surface area contributed by atoms with Crippen molar-refractivity contribution in [2.24, 2.45) is 0 Å². The topological polar surface area (TPSA) is 57.3 Å². The first-order valence-electron chi connectivity index (χ1n) is 7.39. The van der Waals surface area contributed by atoms with E-state index in [-0.39, 0.29) is 5.76 Å². The Balaban J connectivity index is 1.77. The Morgan fingerprint density at radius 1 is 1.17 bits per heavy atom. The maximum atomic E-state index is 12.3. The third-order valence-corrected chi connectivity index (χ3v) is 3.81. The van der Waals surface area contributed by atoms with Gasteiger partial charge in [0.05, 0.1) is 6.54 Å². The smallest absolute Gasteiger partial charge is 0.379 e. The zero-order chi connectivity index (χ0) is 16.4. The van der Waals surface area contributed by atoms with Crippen molar-refractivity contribution in [3.63, 3.8) is 0 Å². The van der Waals surface area contributed by atoms with Crippen molar-refractivity contribution < 1.29 is 13.9 Å². The number of carbonyl (C=O) groups is 1. The molecule has 5 heteroatoms. The van der Waals surface area contributed by atoms with Crippen molar-refractivity contribution >= 4 is 5.97 Å². The quantitative estimate of drug-likeness (QED) is 0.545. The van der Waals surface area contributed by atoms with E-state index < -0.39 is 5.97 Å². The molecule has 0 saturated carbocycles. The molecule has 0 amide bonds. The van der Waals surface area contributed by atoms with Crippen LogP contribution < -0.4 is 4.74 Å². The van der Waals surface area contributed by atoms with Crippen LogP contribution in [0.25, 0.3) is 0 Å². The van der Waals surface area contributed by atoms with Gasteiger partial charge in [0, 0.05) is 12.4 Å². The summed E-state index contributed by atoms with van der Waals surface area (Å²) in [5, 5.41) is 4.11. The van der Waals surface area contributed by atoms with Gasteiger partial charge in [-0.1, -0.05) is 12.1 Å². The Morgan fingerprint density at radius 2 is 1.96 bits per heavy atom. The molecule has 0 aliphatic rings. The molecular weight excluding hydrogens is 292 g/mol. The summed E-state index contributed by atoms with van der Waals surface area (Å²) in [4.78, 5) is 12.3. The van der Waals surface area contributed by atoms with Gasteiger partial charge in [-0.2, -0.15) is 5.10 Å². The highest BCUT2D eigenvalue weighted by Crippen LogP contribution is 2.26. The van der Waals surface area contributed by atoms with Crippen LogP contribution in [0.15, 0.2) is 47.1 Å². The Morgan fingerprint density at radius 3 is 2.70 bits per heavy atom. The molecule has 0 unspecified atom stereocenters. The van der Waals surface area contributed by atoms with Gasteiger partial charge in [0.2, 0.25) is 5.76 Å². The summed E-state index contributed by atoms with van der Waals surface area (Å²) in [5.74, 6) is 0.944. The third-order valence-electron chi connectivity index (χ3n) is 3.81. The molecule has 0 fully saturated rings. The Kier molecular flexibility index (Phi) is 4.02. The van der Waals surface area contributed by atoms with Gasteiger partial charge in [-0.3, -0.25) is 4.68 Å². The summed E-state index contributed by atoms with van der Waals surface area (Å²) in [6, 6.07) is 9.17. The standard InChI is InChI=1S/C18H18N2O3/c1-12-5-6-13(2)17(14(12)3)23-18(21)16-8-7-15(22-16)11-20-10-4-9-19-20/h4-10H,11H2,1-3H3. The average Bonchev–Trinajstić information content (AvgIpc) is 3.20. The molecule has 0 radical (unpaired) electrons. The number of hydrogen-bond donors (Lipinski definition) is 0. The highest BCUT2D eigenvalue weighted by molar-refractivity contribution is 5.88. The van der Waals surface area contributed by atoms with Crippen molar-refractivity contribution in [1.29, 1.82) is 0 Å². The first kappa shape index (κ1) is 15.1. The number of ether oxygens (including phenoxy) is 1. The predicted molar refractivity (Wildman–Crippen MR) is 85.6 cm³/mol. The van der Waals surface area contributed by atoms with Crippen LogP contribution in [0.5, 0.6) is 5.75 Å². The number of aromatic nitrogens is 2. The van der Waals surface area contributed by atoms with Crippen LogP contribution in [-0.4, -0.2) is 15.7 Å². The Bertz CT molecular complexity index is 832. The molecule has 0 atom stereocenters. The molecule has 3 rings (SSSR count). The lowest BCUT2D eigenvalue weighted by atomic mass is 10.1. The highest BCUT2D eigenvalue weighted by Gasteiger charge is 2.17. The molecule has 0 aliphatic carbocycles. The van der Waals surface area contributed by atoms with Crippen LogP contribution in [0.3, 0.4) is 0 Å².